The van der Waals surface area contributed by atoms with Gasteiger partial charge in [0.25, 0.3) is 0 Å². The molecule has 1 rings (SSSR count). The average Bonchev–Trinajstić information content (AvgIpc) is 2.27. The Labute approximate surface area is 94.0 Å². The highest BCUT2D eigenvalue weighted by Crippen LogP contribution is 2.22. The van der Waals surface area contributed by atoms with Gasteiger partial charge in [0.2, 0.25) is 5.91 Å². The highest BCUT2D eigenvalue weighted by molar-refractivity contribution is 5.88. The van der Waals surface area contributed by atoms with Gasteiger partial charge in [-0.05, 0) is 19.4 Å². The molecule has 1 aromatic carbocycles. The molecule has 16 heavy (non-hydrogen) atoms. The van der Waals surface area contributed by atoms with Crippen LogP contribution < -0.4 is 16.6 Å². The van der Waals surface area contributed by atoms with Crippen LogP contribution in [0.1, 0.15) is 19.4 Å². The summed E-state index contributed by atoms with van der Waals surface area (Å²) in [5.74, 6) is -0.322. The van der Waals surface area contributed by atoms with E-state index in [1.165, 1.54) is 0 Å². The van der Waals surface area contributed by atoms with E-state index in [1.54, 1.807) is 13.8 Å². The molecule has 0 radical (unpaired) electrons. The lowest BCUT2D eigenvalue weighted by molar-refractivity contribution is -0.126. The van der Waals surface area contributed by atoms with Crippen molar-refractivity contribution in [1.82, 2.24) is 10.9 Å². The lowest BCUT2D eigenvalue weighted by Crippen LogP contribution is -2.50. The first kappa shape index (κ1) is 12.0. The fourth-order valence-corrected chi connectivity index (χ4v) is 1.26. The van der Waals surface area contributed by atoms with Crippen LogP contribution >= 0.6 is 0 Å². The lowest BCUT2D eigenvalue weighted by atomic mass is 9.84. The number of benzene rings is 1. The minimum absolute atomic E-state index is 0.322. The van der Waals surface area contributed by atoms with Gasteiger partial charge in [-0.15, -0.1) is 0 Å². The van der Waals surface area contributed by atoms with E-state index in [0.29, 0.717) is 0 Å². The van der Waals surface area contributed by atoms with Crippen LogP contribution in [0.15, 0.2) is 30.3 Å². The molecule has 0 aromatic heterocycles. The zero-order valence-electron chi connectivity index (χ0n) is 9.28. The molecule has 86 valence electrons. The van der Waals surface area contributed by atoms with E-state index in [2.05, 4.69) is 10.9 Å². The van der Waals surface area contributed by atoms with E-state index in [-0.39, 0.29) is 5.91 Å². The molecule has 0 aliphatic carbocycles. The summed E-state index contributed by atoms with van der Waals surface area (Å²) < 4.78 is 0. The summed E-state index contributed by atoms with van der Waals surface area (Å²) in [5.41, 5.74) is 9.30. The highest BCUT2D eigenvalue weighted by atomic mass is 16.2. The third-order valence-corrected chi connectivity index (χ3v) is 2.36. The Morgan fingerprint density at radius 3 is 2.19 bits per heavy atom. The number of carbonyl (C=O) groups is 2. The maximum Gasteiger partial charge on any atom is 0.330 e. The second-order valence-corrected chi connectivity index (χ2v) is 3.93. The molecule has 0 bridgehead atoms. The second kappa shape index (κ2) is 4.65. The van der Waals surface area contributed by atoms with Crippen molar-refractivity contribution in [2.75, 3.05) is 0 Å². The number of hydrogen-bond acceptors (Lipinski definition) is 2. The van der Waals surface area contributed by atoms with Crippen molar-refractivity contribution in [3.63, 3.8) is 0 Å². The number of nitrogens with one attached hydrogen (secondary N) is 2. The van der Waals surface area contributed by atoms with Crippen LogP contribution in [0.25, 0.3) is 0 Å². The Kier molecular flexibility index (Phi) is 3.50. The van der Waals surface area contributed by atoms with Crippen LogP contribution in [0.2, 0.25) is 0 Å². The van der Waals surface area contributed by atoms with Crippen LogP contribution in [0.4, 0.5) is 4.79 Å². The van der Waals surface area contributed by atoms with Gasteiger partial charge in [-0.3, -0.25) is 10.2 Å². The van der Waals surface area contributed by atoms with E-state index in [9.17, 15) is 9.59 Å². The standard InChI is InChI=1S/C11H15N3O2/c1-11(2,8-6-4-3-5-7-8)9(15)13-14-10(12)16/h3-7H,1-2H3,(H,13,15)(H3,12,14,16). The predicted octanol–water partition coefficient (Wildman–Crippen LogP) is 0.664. The summed E-state index contributed by atoms with van der Waals surface area (Å²) in [6, 6.07) is 8.49. The number of carbonyl (C=O) groups excluding carboxylic acids is 2. The summed E-state index contributed by atoms with van der Waals surface area (Å²) in [4.78, 5) is 22.3. The number of hydrogen-bond donors (Lipinski definition) is 3. The van der Waals surface area contributed by atoms with Gasteiger partial charge in [-0.2, -0.15) is 0 Å². The molecule has 0 fully saturated rings. The fourth-order valence-electron chi connectivity index (χ4n) is 1.26. The van der Waals surface area contributed by atoms with Gasteiger partial charge in [0.15, 0.2) is 0 Å². The third-order valence-electron chi connectivity index (χ3n) is 2.36. The Bertz CT molecular complexity index is 387. The van der Waals surface area contributed by atoms with Gasteiger partial charge < -0.3 is 5.73 Å². The molecule has 0 aliphatic rings. The van der Waals surface area contributed by atoms with Crippen molar-refractivity contribution in [2.24, 2.45) is 5.73 Å². The summed E-state index contributed by atoms with van der Waals surface area (Å²) in [6.07, 6.45) is 0. The summed E-state index contributed by atoms with van der Waals surface area (Å²) in [7, 11) is 0. The molecule has 4 N–H and O–H groups in total. The van der Waals surface area contributed by atoms with Crippen molar-refractivity contribution in [3.05, 3.63) is 35.9 Å². The molecular weight excluding hydrogens is 206 g/mol. The number of amides is 3. The molecule has 0 aliphatic heterocycles. The van der Waals surface area contributed by atoms with Crippen LogP contribution in [0.5, 0.6) is 0 Å². The predicted molar refractivity (Wildman–Crippen MR) is 60.3 cm³/mol. The Hall–Kier alpha value is -2.04. The second-order valence-electron chi connectivity index (χ2n) is 3.93. The topological polar surface area (TPSA) is 84.2 Å². The van der Waals surface area contributed by atoms with Crippen molar-refractivity contribution >= 4 is 11.9 Å². The molecule has 0 atom stereocenters. The van der Waals surface area contributed by atoms with Crippen molar-refractivity contribution in [3.8, 4) is 0 Å². The maximum atomic E-state index is 11.8. The molecule has 0 unspecified atom stereocenters. The minimum Gasteiger partial charge on any atom is -0.350 e. The monoisotopic (exact) mass is 221 g/mol. The lowest BCUT2D eigenvalue weighted by Gasteiger charge is -2.23. The maximum absolute atomic E-state index is 11.8. The fraction of sp³-hybridized carbons (Fsp3) is 0.273. The van der Waals surface area contributed by atoms with Gasteiger partial charge in [0.05, 0.1) is 5.41 Å². The van der Waals surface area contributed by atoms with E-state index in [4.69, 9.17) is 5.73 Å². The molecule has 5 nitrogen and oxygen atoms in total. The van der Waals surface area contributed by atoms with Gasteiger partial charge in [0, 0.05) is 0 Å². The first-order chi connectivity index (χ1) is 7.44. The summed E-state index contributed by atoms with van der Waals surface area (Å²) >= 11 is 0. The Morgan fingerprint density at radius 1 is 1.12 bits per heavy atom. The molecule has 1 aromatic rings. The van der Waals surface area contributed by atoms with Gasteiger partial charge in [-0.25, -0.2) is 10.2 Å². The van der Waals surface area contributed by atoms with Crippen LogP contribution in [-0.4, -0.2) is 11.9 Å². The average molecular weight is 221 g/mol. The normalized spacial score (nSPS) is 10.6. The zero-order chi connectivity index (χ0) is 12.2. The Morgan fingerprint density at radius 2 is 1.69 bits per heavy atom. The number of urea groups is 1. The first-order valence-electron chi connectivity index (χ1n) is 4.86. The van der Waals surface area contributed by atoms with E-state index < -0.39 is 11.4 Å². The smallest absolute Gasteiger partial charge is 0.330 e. The van der Waals surface area contributed by atoms with E-state index in [1.807, 2.05) is 30.3 Å². The summed E-state index contributed by atoms with van der Waals surface area (Å²) in [5, 5.41) is 0. The molecule has 5 heteroatoms. The van der Waals surface area contributed by atoms with Crippen LogP contribution in [0, 0.1) is 0 Å². The molecule has 3 amide bonds. The molecule has 0 saturated heterocycles. The molecular formula is C11H15N3O2. The largest absolute Gasteiger partial charge is 0.350 e. The molecule has 0 heterocycles. The quantitative estimate of drug-likeness (QED) is 0.641. The van der Waals surface area contributed by atoms with Crippen LogP contribution in [-0.2, 0) is 10.2 Å². The van der Waals surface area contributed by atoms with Crippen molar-refractivity contribution < 1.29 is 9.59 Å². The number of hydrazine groups is 1. The van der Waals surface area contributed by atoms with E-state index >= 15 is 0 Å². The highest BCUT2D eigenvalue weighted by Gasteiger charge is 2.29. The third kappa shape index (κ3) is 2.73. The first-order valence-corrected chi connectivity index (χ1v) is 4.86. The van der Waals surface area contributed by atoms with Gasteiger partial charge >= 0.3 is 6.03 Å². The van der Waals surface area contributed by atoms with Gasteiger partial charge in [-0.1, -0.05) is 30.3 Å². The van der Waals surface area contributed by atoms with Crippen molar-refractivity contribution in [1.29, 1.82) is 0 Å². The number of rotatable bonds is 2. The SMILES string of the molecule is CC(C)(C(=O)NNC(N)=O)c1ccccc1. The molecule has 0 saturated carbocycles. The van der Waals surface area contributed by atoms with Crippen LogP contribution in [0.3, 0.4) is 0 Å². The number of primary amides is 1. The van der Waals surface area contributed by atoms with E-state index in [0.717, 1.165) is 5.56 Å². The van der Waals surface area contributed by atoms with Crippen molar-refractivity contribution in [2.45, 2.75) is 19.3 Å². The molecule has 0 spiro atoms. The Balaban J connectivity index is 2.78. The minimum atomic E-state index is -0.794. The zero-order valence-corrected chi connectivity index (χ0v) is 9.28. The summed E-state index contributed by atoms with van der Waals surface area (Å²) in [6.45, 7) is 3.53. The van der Waals surface area contributed by atoms with Gasteiger partial charge in [0.1, 0.15) is 0 Å². The number of nitrogens with two attached hydrogens (primary N) is 1.